The molecule has 0 saturated carbocycles. The van der Waals surface area contributed by atoms with Crippen LogP contribution in [0.3, 0.4) is 0 Å². The van der Waals surface area contributed by atoms with Crippen LogP contribution in [0.2, 0.25) is 0 Å². The van der Waals surface area contributed by atoms with Crippen LogP contribution in [0.1, 0.15) is 64.3 Å². The van der Waals surface area contributed by atoms with Crippen LogP contribution in [-0.2, 0) is 27.9 Å². The minimum absolute atomic E-state index is 0. The third-order valence-corrected chi connectivity index (χ3v) is 6.85. The predicted octanol–water partition coefficient (Wildman–Crippen LogP) is 8.78. The van der Waals surface area contributed by atoms with Crippen molar-refractivity contribution in [2.45, 2.75) is 66.2 Å². The summed E-state index contributed by atoms with van der Waals surface area (Å²) in [5.74, 6) is 0. The third kappa shape index (κ3) is 5.95. The zero-order valence-electron chi connectivity index (χ0n) is 24.0. The summed E-state index contributed by atoms with van der Waals surface area (Å²) in [5, 5.41) is 4.60. The van der Waals surface area contributed by atoms with Crippen molar-refractivity contribution in [1.29, 1.82) is 0 Å². The number of rotatable bonds is 0. The molecule has 0 atom stereocenters. The Morgan fingerprint density at radius 3 is 0.949 bits per heavy atom. The average molecular weight is 564 g/mol. The van der Waals surface area contributed by atoms with Crippen molar-refractivity contribution in [1.82, 2.24) is 19.9 Å². The molecule has 0 bridgehead atoms. The van der Waals surface area contributed by atoms with Crippen molar-refractivity contribution < 1.29 is 17.1 Å². The van der Waals surface area contributed by atoms with E-state index in [0.717, 1.165) is 66.4 Å². The smallest absolute Gasteiger partial charge is 0.0968 e. The van der Waals surface area contributed by atoms with E-state index < -0.39 is 0 Å². The Hall–Kier alpha value is -3.40. The first-order valence-corrected chi connectivity index (χ1v) is 13.3. The van der Waals surface area contributed by atoms with Gasteiger partial charge in [0.05, 0.1) is 22.1 Å². The van der Waals surface area contributed by atoms with Gasteiger partial charge in [0, 0.05) is 72.2 Å². The Morgan fingerprint density at radius 2 is 0.641 bits per heavy atom. The fourth-order valence-electron chi connectivity index (χ4n) is 4.57. The Bertz CT molecular complexity index is 1680. The SMILES string of the molecule is CC(C)(C)c1ccc2ccc3ccc(C(C)(C)C)nc3c2n1.Cc1ccc2ccc3ccc(C)nc3c2n1.[Cu]. The molecule has 0 spiro atoms. The fraction of sp³-hybridized carbons (Fsp3) is 0.294. The van der Waals surface area contributed by atoms with Crippen molar-refractivity contribution >= 4 is 43.6 Å². The molecule has 4 heterocycles. The van der Waals surface area contributed by atoms with E-state index in [4.69, 9.17) is 9.97 Å². The molecule has 6 rings (SSSR count). The van der Waals surface area contributed by atoms with Crippen LogP contribution in [0.5, 0.6) is 0 Å². The molecule has 0 amide bonds. The molecule has 4 aromatic heterocycles. The van der Waals surface area contributed by atoms with Gasteiger partial charge in [-0.05, 0) is 38.1 Å². The molecule has 0 unspecified atom stereocenters. The van der Waals surface area contributed by atoms with Crippen LogP contribution < -0.4 is 0 Å². The summed E-state index contributed by atoms with van der Waals surface area (Å²) < 4.78 is 0. The van der Waals surface area contributed by atoms with E-state index in [9.17, 15) is 0 Å². The van der Waals surface area contributed by atoms with Gasteiger partial charge in [0.15, 0.2) is 0 Å². The molecule has 0 N–H and O–H groups in total. The Balaban J connectivity index is 0.000000184. The molecule has 0 aliphatic heterocycles. The number of pyridine rings is 4. The van der Waals surface area contributed by atoms with Crippen molar-refractivity contribution in [2.75, 3.05) is 0 Å². The molecule has 39 heavy (non-hydrogen) atoms. The first kappa shape index (κ1) is 28.6. The standard InChI is InChI=1S/C20H24N2.C14H12N2.Cu/c1-19(2,3)15-11-9-13-7-8-14-10-12-16(20(4,5)6)22-18(14)17(13)21-15;1-9-3-5-11-7-8-12-6-4-10(2)16-14(12)13(11)15-9;/h7-12H,1-6H3;3-8H,1-2H3;. The molecule has 5 heteroatoms. The summed E-state index contributed by atoms with van der Waals surface area (Å²) in [5.41, 5.74) is 8.38. The van der Waals surface area contributed by atoms with Crippen molar-refractivity contribution in [3.05, 3.63) is 95.6 Å². The van der Waals surface area contributed by atoms with Gasteiger partial charge in [0.2, 0.25) is 0 Å². The van der Waals surface area contributed by atoms with E-state index in [1.54, 1.807) is 0 Å². The van der Waals surface area contributed by atoms with Gasteiger partial charge in [-0.25, -0.2) is 9.97 Å². The summed E-state index contributed by atoms with van der Waals surface area (Å²) in [7, 11) is 0. The molecule has 0 aliphatic rings. The first-order chi connectivity index (χ1) is 17.9. The second kappa shape index (κ2) is 10.6. The predicted molar refractivity (Wildman–Crippen MR) is 161 cm³/mol. The number of fused-ring (bicyclic) bond motifs is 6. The van der Waals surface area contributed by atoms with Crippen LogP contribution in [0.25, 0.3) is 43.6 Å². The van der Waals surface area contributed by atoms with Gasteiger partial charge >= 0.3 is 0 Å². The van der Waals surface area contributed by atoms with Crippen LogP contribution in [-0.4, -0.2) is 19.9 Å². The minimum atomic E-state index is 0. The molecule has 203 valence electrons. The topological polar surface area (TPSA) is 51.6 Å². The molecule has 4 nitrogen and oxygen atoms in total. The van der Waals surface area contributed by atoms with Crippen molar-refractivity contribution in [2.24, 2.45) is 0 Å². The van der Waals surface area contributed by atoms with Gasteiger partial charge in [-0.3, -0.25) is 9.97 Å². The second-order valence-corrected chi connectivity index (χ2v) is 12.2. The van der Waals surface area contributed by atoms with Crippen molar-refractivity contribution in [3.8, 4) is 0 Å². The Labute approximate surface area is 241 Å². The summed E-state index contributed by atoms with van der Waals surface area (Å²) in [6.07, 6.45) is 0. The van der Waals surface area contributed by atoms with E-state index in [2.05, 4.69) is 112 Å². The van der Waals surface area contributed by atoms with E-state index in [1.165, 1.54) is 0 Å². The maximum absolute atomic E-state index is 4.94. The molecule has 0 saturated heterocycles. The molecule has 6 aromatic rings. The third-order valence-electron chi connectivity index (χ3n) is 6.85. The molecule has 1 radical (unpaired) electrons. The zero-order chi connectivity index (χ0) is 27.2. The van der Waals surface area contributed by atoms with Gasteiger partial charge in [-0.15, -0.1) is 0 Å². The summed E-state index contributed by atoms with van der Waals surface area (Å²) in [4.78, 5) is 19.0. The number of nitrogens with zero attached hydrogens (tertiary/aromatic N) is 4. The maximum Gasteiger partial charge on any atom is 0.0968 e. The maximum atomic E-state index is 4.94. The molecular formula is C34H36CuN4. The number of hydrogen-bond donors (Lipinski definition) is 0. The quantitative estimate of drug-likeness (QED) is 0.137. The van der Waals surface area contributed by atoms with E-state index in [-0.39, 0.29) is 27.9 Å². The van der Waals surface area contributed by atoms with Gasteiger partial charge in [-0.2, -0.15) is 0 Å². The average Bonchev–Trinajstić information content (AvgIpc) is 2.87. The Morgan fingerprint density at radius 1 is 0.385 bits per heavy atom. The zero-order valence-corrected chi connectivity index (χ0v) is 25.0. The van der Waals surface area contributed by atoms with E-state index in [1.807, 2.05) is 26.0 Å². The second-order valence-electron chi connectivity index (χ2n) is 12.2. The summed E-state index contributed by atoms with van der Waals surface area (Å²) in [6.45, 7) is 17.2. The summed E-state index contributed by atoms with van der Waals surface area (Å²) >= 11 is 0. The van der Waals surface area contributed by atoms with Crippen molar-refractivity contribution in [3.63, 3.8) is 0 Å². The first-order valence-electron chi connectivity index (χ1n) is 13.3. The largest absolute Gasteiger partial charge is 0.251 e. The van der Waals surface area contributed by atoms with Crippen LogP contribution in [0.15, 0.2) is 72.8 Å². The summed E-state index contributed by atoms with van der Waals surface area (Å²) in [6, 6.07) is 25.3. The van der Waals surface area contributed by atoms with Crippen LogP contribution >= 0.6 is 0 Å². The van der Waals surface area contributed by atoms with Crippen LogP contribution in [0, 0.1) is 13.8 Å². The van der Waals surface area contributed by atoms with Gasteiger partial charge in [-0.1, -0.05) is 90.1 Å². The number of aromatic nitrogens is 4. The molecular weight excluding hydrogens is 528 g/mol. The minimum Gasteiger partial charge on any atom is -0.251 e. The van der Waals surface area contributed by atoms with Gasteiger partial charge in [0.25, 0.3) is 0 Å². The molecule has 2 aromatic carbocycles. The normalized spacial score (nSPS) is 11.9. The Kier molecular flexibility index (Phi) is 7.80. The van der Waals surface area contributed by atoms with Gasteiger partial charge in [0.1, 0.15) is 0 Å². The van der Waals surface area contributed by atoms with E-state index >= 15 is 0 Å². The number of hydrogen-bond acceptors (Lipinski definition) is 4. The van der Waals surface area contributed by atoms with E-state index in [0.29, 0.717) is 0 Å². The monoisotopic (exact) mass is 563 g/mol. The molecule has 0 aliphatic carbocycles. The van der Waals surface area contributed by atoms with Gasteiger partial charge < -0.3 is 0 Å². The molecule has 0 fully saturated rings. The number of aryl methyl sites for hydroxylation is 2. The number of benzene rings is 2. The fourth-order valence-corrected chi connectivity index (χ4v) is 4.57. The van der Waals surface area contributed by atoms with Crippen LogP contribution in [0.4, 0.5) is 0 Å².